The summed E-state index contributed by atoms with van der Waals surface area (Å²) in [6.07, 6.45) is 4.17. The van der Waals surface area contributed by atoms with E-state index < -0.39 is 0 Å². The summed E-state index contributed by atoms with van der Waals surface area (Å²) in [5, 5.41) is 3.82. The first-order valence-corrected chi connectivity index (χ1v) is 10.8. The molecule has 0 spiro atoms. The van der Waals surface area contributed by atoms with Crippen molar-refractivity contribution < 1.29 is 5.32 Å². The molecule has 1 aliphatic rings. The van der Waals surface area contributed by atoms with Gasteiger partial charge < -0.3 is 10.3 Å². The van der Waals surface area contributed by atoms with Gasteiger partial charge in [-0.3, -0.25) is 4.79 Å². The van der Waals surface area contributed by atoms with Crippen LogP contribution in [0.3, 0.4) is 0 Å². The van der Waals surface area contributed by atoms with Gasteiger partial charge in [-0.05, 0) is 55.4 Å². The smallest absolute Gasteiger partial charge is 0.260 e. The van der Waals surface area contributed by atoms with Crippen LogP contribution in [-0.4, -0.2) is 16.5 Å². The Balaban J connectivity index is 1.50. The topological polar surface area (TPSA) is 62.4 Å². The fraction of sp³-hybridized carbons (Fsp3) is 0.429. The highest BCUT2D eigenvalue weighted by atomic mass is 35.5. The van der Waals surface area contributed by atoms with Crippen molar-refractivity contribution in [3.8, 4) is 0 Å². The number of nitrogens with two attached hydrogens (primary N) is 1. The van der Waals surface area contributed by atoms with Crippen LogP contribution in [0.5, 0.6) is 0 Å². The first-order chi connectivity index (χ1) is 13.0. The molecule has 3 aromatic rings. The van der Waals surface area contributed by atoms with Gasteiger partial charge in [0.05, 0.1) is 11.9 Å². The van der Waals surface area contributed by atoms with Crippen LogP contribution in [0.25, 0.3) is 10.2 Å². The summed E-state index contributed by atoms with van der Waals surface area (Å²) >= 11 is 7.76. The minimum absolute atomic E-state index is 0.0251. The Morgan fingerprint density at radius 3 is 3.11 bits per heavy atom. The fourth-order valence-electron chi connectivity index (χ4n) is 3.89. The molecule has 6 heteroatoms. The molecule has 0 fully saturated rings. The second kappa shape index (κ2) is 7.74. The van der Waals surface area contributed by atoms with E-state index in [2.05, 4.69) is 30.2 Å². The van der Waals surface area contributed by atoms with Crippen molar-refractivity contribution in [1.82, 2.24) is 9.97 Å². The number of fused-ring (bicyclic) bond motifs is 3. The second-order valence-corrected chi connectivity index (χ2v) is 9.20. The van der Waals surface area contributed by atoms with E-state index in [1.807, 2.05) is 18.2 Å². The van der Waals surface area contributed by atoms with Crippen molar-refractivity contribution >= 4 is 33.2 Å². The highest BCUT2D eigenvalue weighted by Gasteiger charge is 2.24. The normalized spacial score (nSPS) is 17.8. The third-order valence-electron chi connectivity index (χ3n) is 5.46. The van der Waals surface area contributed by atoms with Crippen LogP contribution in [0.4, 0.5) is 0 Å². The largest absolute Gasteiger partial charge is 0.337 e. The summed E-state index contributed by atoms with van der Waals surface area (Å²) in [6.45, 7) is 5.30. The molecule has 0 aliphatic heterocycles. The van der Waals surface area contributed by atoms with Gasteiger partial charge in [-0.25, -0.2) is 4.98 Å². The number of aromatic amines is 1. The number of hydrogen-bond acceptors (Lipinski definition) is 3. The molecule has 0 amide bonds. The Morgan fingerprint density at radius 2 is 2.30 bits per heavy atom. The van der Waals surface area contributed by atoms with Crippen molar-refractivity contribution in [2.24, 2.45) is 5.92 Å². The Morgan fingerprint density at radius 1 is 1.44 bits per heavy atom. The predicted octanol–water partition coefficient (Wildman–Crippen LogP) is 3.63. The van der Waals surface area contributed by atoms with E-state index in [1.54, 1.807) is 11.3 Å². The third kappa shape index (κ3) is 3.96. The number of rotatable bonds is 5. The maximum absolute atomic E-state index is 12.7. The number of benzene rings is 1. The SMILES string of the molecule is C[C@H]1CCc2c(sc3nc([C@H](C)[NH2+]CCc4cccc(Cl)c4)[nH]c(=O)c23)C1. The van der Waals surface area contributed by atoms with Crippen LogP contribution in [-0.2, 0) is 19.3 Å². The van der Waals surface area contributed by atoms with Gasteiger partial charge in [-0.15, -0.1) is 11.3 Å². The Hall–Kier alpha value is -1.69. The molecule has 4 nitrogen and oxygen atoms in total. The maximum Gasteiger partial charge on any atom is 0.260 e. The van der Waals surface area contributed by atoms with Crippen LogP contribution in [0, 0.1) is 5.92 Å². The lowest BCUT2D eigenvalue weighted by molar-refractivity contribution is -0.693. The van der Waals surface area contributed by atoms with Crippen LogP contribution < -0.4 is 10.9 Å². The van der Waals surface area contributed by atoms with Crippen molar-refractivity contribution in [3.63, 3.8) is 0 Å². The van der Waals surface area contributed by atoms with Gasteiger partial charge in [0, 0.05) is 16.3 Å². The lowest BCUT2D eigenvalue weighted by Gasteiger charge is -2.17. The summed E-state index contributed by atoms with van der Waals surface area (Å²) in [7, 11) is 0. The van der Waals surface area contributed by atoms with E-state index in [1.165, 1.54) is 16.0 Å². The minimum atomic E-state index is 0.0251. The number of aryl methyl sites for hydroxylation is 1. The van der Waals surface area contributed by atoms with E-state index in [0.29, 0.717) is 5.92 Å². The quantitative estimate of drug-likeness (QED) is 0.684. The Labute approximate surface area is 168 Å². The van der Waals surface area contributed by atoms with Gasteiger partial charge in [0.1, 0.15) is 10.9 Å². The lowest BCUT2D eigenvalue weighted by atomic mass is 9.89. The van der Waals surface area contributed by atoms with E-state index in [9.17, 15) is 4.79 Å². The molecule has 0 bridgehead atoms. The first-order valence-electron chi connectivity index (χ1n) is 9.63. The highest BCUT2D eigenvalue weighted by molar-refractivity contribution is 7.18. The fourth-order valence-corrected chi connectivity index (χ4v) is 5.49. The number of halogens is 1. The highest BCUT2D eigenvalue weighted by Crippen LogP contribution is 2.35. The van der Waals surface area contributed by atoms with Crippen LogP contribution in [0.2, 0.25) is 5.02 Å². The van der Waals surface area contributed by atoms with Gasteiger partial charge in [0.25, 0.3) is 5.56 Å². The number of aromatic nitrogens is 2. The summed E-state index contributed by atoms with van der Waals surface area (Å²) in [5.41, 5.74) is 2.49. The second-order valence-electron chi connectivity index (χ2n) is 7.68. The number of hydrogen-bond donors (Lipinski definition) is 2. The lowest BCUT2D eigenvalue weighted by Crippen LogP contribution is -2.85. The molecule has 2 atom stereocenters. The van der Waals surface area contributed by atoms with Crippen molar-refractivity contribution in [2.75, 3.05) is 6.54 Å². The number of quaternary nitrogens is 1. The van der Waals surface area contributed by atoms with Gasteiger partial charge in [0.15, 0.2) is 5.82 Å². The summed E-state index contributed by atoms with van der Waals surface area (Å²) in [6, 6.07) is 8.08. The van der Waals surface area contributed by atoms with Gasteiger partial charge in [-0.2, -0.15) is 0 Å². The molecule has 2 aromatic heterocycles. The number of thiophene rings is 1. The molecule has 3 N–H and O–H groups in total. The molecular formula is C21H25ClN3OS+. The van der Waals surface area contributed by atoms with E-state index in [4.69, 9.17) is 16.6 Å². The monoisotopic (exact) mass is 402 g/mol. The predicted molar refractivity (Wildman–Crippen MR) is 112 cm³/mol. The summed E-state index contributed by atoms with van der Waals surface area (Å²) in [5.74, 6) is 1.47. The zero-order valence-corrected chi connectivity index (χ0v) is 17.3. The molecule has 0 saturated carbocycles. The van der Waals surface area contributed by atoms with Crippen molar-refractivity contribution in [1.29, 1.82) is 0 Å². The number of nitrogens with one attached hydrogen (secondary N) is 1. The first kappa shape index (κ1) is 18.7. The van der Waals surface area contributed by atoms with Crippen molar-refractivity contribution in [3.05, 3.63) is 61.5 Å². The zero-order valence-electron chi connectivity index (χ0n) is 15.7. The molecule has 27 heavy (non-hydrogen) atoms. The van der Waals surface area contributed by atoms with Crippen LogP contribution in [0.1, 0.15) is 48.1 Å². The molecule has 1 aromatic carbocycles. The molecule has 0 radical (unpaired) electrons. The van der Waals surface area contributed by atoms with Gasteiger partial charge >= 0.3 is 0 Å². The molecule has 4 rings (SSSR count). The Bertz CT molecular complexity index is 1030. The molecule has 142 valence electrons. The molecule has 2 heterocycles. The van der Waals surface area contributed by atoms with Crippen LogP contribution in [0.15, 0.2) is 29.1 Å². The van der Waals surface area contributed by atoms with Crippen molar-refractivity contribution in [2.45, 2.75) is 45.6 Å². The molecule has 0 saturated heterocycles. The summed E-state index contributed by atoms with van der Waals surface area (Å²) in [4.78, 5) is 22.9. The number of nitrogens with zero attached hydrogens (tertiary/aromatic N) is 1. The standard InChI is InChI=1S/C21H24ClN3OS/c1-12-6-7-16-17(10-12)27-21-18(16)20(26)24-19(25-21)13(2)23-9-8-14-4-3-5-15(22)11-14/h3-5,11-13,23H,6-10H2,1-2H3,(H,24,25,26)/p+1/t12-,13-/m0/s1. The van der Waals surface area contributed by atoms with E-state index >= 15 is 0 Å². The van der Waals surface area contributed by atoms with Crippen LogP contribution >= 0.6 is 22.9 Å². The average molecular weight is 403 g/mol. The molecule has 0 unspecified atom stereocenters. The molecule has 1 aliphatic carbocycles. The average Bonchev–Trinajstić information content (AvgIpc) is 2.99. The third-order valence-corrected chi connectivity index (χ3v) is 6.84. The van der Waals surface area contributed by atoms with Gasteiger partial charge in [-0.1, -0.05) is 30.7 Å². The van der Waals surface area contributed by atoms with E-state index in [-0.39, 0.29) is 11.6 Å². The minimum Gasteiger partial charge on any atom is -0.337 e. The molecular weight excluding hydrogens is 378 g/mol. The van der Waals surface area contributed by atoms with Gasteiger partial charge in [0.2, 0.25) is 0 Å². The Kier molecular flexibility index (Phi) is 5.35. The maximum atomic E-state index is 12.7. The summed E-state index contributed by atoms with van der Waals surface area (Å²) < 4.78 is 0. The van der Waals surface area contributed by atoms with E-state index in [0.717, 1.165) is 53.3 Å². The number of H-pyrrole nitrogens is 1. The zero-order chi connectivity index (χ0) is 19.0.